The van der Waals surface area contributed by atoms with E-state index in [4.69, 9.17) is 18.4 Å². The molecule has 0 heterocycles. The molecule has 0 aromatic heterocycles. The second-order valence-corrected chi connectivity index (χ2v) is 9.81. The maximum atomic E-state index is 11.5. The van der Waals surface area contributed by atoms with Gasteiger partial charge in [0, 0.05) is 18.1 Å². The molecule has 0 amide bonds. The van der Waals surface area contributed by atoms with Gasteiger partial charge in [-0.3, -0.25) is 13.9 Å². The molecule has 0 aliphatic heterocycles. The number of rotatable bonds is 17. The Morgan fingerprint density at radius 2 is 1.14 bits per heavy atom. The van der Waals surface area contributed by atoms with Crippen LogP contribution >= 0.6 is 0 Å². The monoisotopic (exact) mass is 542 g/mol. The van der Waals surface area contributed by atoms with Crippen LogP contribution in [0.2, 0.25) is 0 Å². The number of hydrogen-bond donors (Lipinski definition) is 2. The highest BCUT2D eigenvalue weighted by Gasteiger charge is 2.30. The maximum Gasteiger partial charge on any atom is 0.446 e. The molecule has 0 saturated heterocycles. The number of hydrogen-bond acceptors (Lipinski definition) is 10. The quantitative estimate of drug-likeness (QED) is 0.167. The van der Waals surface area contributed by atoms with Crippen molar-refractivity contribution in [3.8, 4) is 23.0 Å². The van der Waals surface area contributed by atoms with E-state index in [1.54, 1.807) is 0 Å². The van der Waals surface area contributed by atoms with E-state index in [-0.39, 0.29) is 40.8 Å². The molecule has 0 radical (unpaired) electrons. The van der Waals surface area contributed by atoms with Crippen molar-refractivity contribution >= 4 is 26.8 Å². The Morgan fingerprint density at radius 3 is 1.60 bits per heavy atom. The number of esters is 1. The smallest absolute Gasteiger partial charge is 0.446 e. The van der Waals surface area contributed by atoms with Crippen LogP contribution in [0.15, 0.2) is 0 Å². The van der Waals surface area contributed by atoms with Gasteiger partial charge in [-0.15, -0.1) is 0 Å². The second kappa shape index (κ2) is 14.3. The fourth-order valence-electron chi connectivity index (χ4n) is 3.57. The molecule has 0 bridgehead atoms. The summed E-state index contributed by atoms with van der Waals surface area (Å²) in [5.41, 5.74) is 0.344. The Morgan fingerprint density at radius 1 is 0.714 bits per heavy atom. The van der Waals surface area contributed by atoms with Gasteiger partial charge in [0.1, 0.15) is 0 Å². The van der Waals surface area contributed by atoms with Crippen molar-refractivity contribution < 1.29 is 53.3 Å². The predicted molar refractivity (Wildman–Crippen MR) is 126 cm³/mol. The molecule has 14 heteroatoms. The number of ether oxygens (including phenoxy) is 3. The van der Waals surface area contributed by atoms with E-state index >= 15 is 0 Å². The Balaban J connectivity index is 2.92. The predicted octanol–water partition coefficient (Wildman–Crippen LogP) is 3.60. The molecule has 12 nitrogen and oxygen atoms in total. The van der Waals surface area contributed by atoms with Crippen LogP contribution in [-0.2, 0) is 36.8 Å². The molecule has 0 aliphatic rings. The van der Waals surface area contributed by atoms with Crippen LogP contribution in [-0.4, -0.2) is 52.7 Å². The molecule has 1 aromatic rings. The van der Waals surface area contributed by atoms with Crippen molar-refractivity contribution in [3.63, 3.8) is 0 Å². The topological polar surface area (TPSA) is 172 Å². The SMILES string of the molecule is COc1c(OS(=O)(=O)O)c(C)c(CCCCCCCCCCOC(C)=O)c(OS(=O)(=O)O)c1OC. The lowest BCUT2D eigenvalue weighted by Gasteiger charge is -2.21. The number of unbranched alkanes of at least 4 members (excludes halogenated alkanes) is 7. The third-order valence-corrected chi connectivity index (χ3v) is 5.85. The van der Waals surface area contributed by atoms with Gasteiger partial charge >= 0.3 is 26.8 Å². The average molecular weight is 543 g/mol. The second-order valence-electron chi connectivity index (χ2n) is 7.77. The standard InChI is InChI=1S/C21H34O12S2/c1-15-17(13-11-9-7-5-6-8-10-12-14-31-16(2)22)19(33-35(26,27)28)21(30-4)20(29-3)18(15)32-34(23,24)25/h5-14H2,1-4H3,(H,23,24,25)(H,26,27,28). The molecule has 2 N–H and O–H groups in total. The Bertz CT molecular complexity index is 1050. The fraction of sp³-hybridized carbons (Fsp3) is 0.667. The molecule has 0 unspecified atom stereocenters. The van der Waals surface area contributed by atoms with E-state index < -0.39 is 26.5 Å². The zero-order valence-corrected chi connectivity index (χ0v) is 22.0. The Kier molecular flexibility index (Phi) is 12.6. The third kappa shape index (κ3) is 11.3. The van der Waals surface area contributed by atoms with Gasteiger partial charge in [0.15, 0.2) is 11.5 Å². The van der Waals surface area contributed by atoms with Gasteiger partial charge in [-0.1, -0.05) is 38.5 Å². The lowest BCUT2D eigenvalue weighted by Crippen LogP contribution is -2.14. The summed E-state index contributed by atoms with van der Waals surface area (Å²) in [4.78, 5) is 10.7. The molecular weight excluding hydrogens is 508 g/mol. The lowest BCUT2D eigenvalue weighted by atomic mass is 9.98. The van der Waals surface area contributed by atoms with Crippen LogP contribution in [0.1, 0.15) is 69.4 Å². The molecule has 0 spiro atoms. The van der Waals surface area contributed by atoms with Crippen LogP contribution < -0.4 is 17.8 Å². The van der Waals surface area contributed by atoms with Crippen molar-refractivity contribution in [2.75, 3.05) is 20.8 Å². The number of carbonyl (C=O) groups is 1. The van der Waals surface area contributed by atoms with Gasteiger partial charge in [0.25, 0.3) is 0 Å². The highest BCUT2D eigenvalue weighted by Crippen LogP contribution is 2.50. The lowest BCUT2D eigenvalue weighted by molar-refractivity contribution is -0.141. The van der Waals surface area contributed by atoms with Gasteiger partial charge in [-0.25, -0.2) is 0 Å². The van der Waals surface area contributed by atoms with Crippen LogP contribution in [0, 0.1) is 6.92 Å². The van der Waals surface area contributed by atoms with E-state index in [2.05, 4.69) is 4.18 Å². The summed E-state index contributed by atoms with van der Waals surface area (Å²) in [6, 6.07) is 0. The summed E-state index contributed by atoms with van der Waals surface area (Å²) in [7, 11) is -7.57. The average Bonchev–Trinajstić information content (AvgIpc) is 2.73. The minimum atomic E-state index is -4.95. The molecule has 202 valence electrons. The maximum absolute atomic E-state index is 11.5. The molecule has 0 fully saturated rings. The van der Waals surface area contributed by atoms with Crippen molar-refractivity contribution in [1.29, 1.82) is 0 Å². The zero-order valence-electron chi connectivity index (χ0n) is 20.4. The van der Waals surface area contributed by atoms with E-state index in [0.717, 1.165) is 59.2 Å². The summed E-state index contributed by atoms with van der Waals surface area (Å²) in [6.07, 6.45) is 7.28. The minimum absolute atomic E-state index is 0.131. The molecule has 0 saturated carbocycles. The number of methoxy groups -OCH3 is 2. The first-order chi connectivity index (χ1) is 16.3. The first-order valence-electron chi connectivity index (χ1n) is 11.0. The van der Waals surface area contributed by atoms with Gasteiger partial charge in [-0.2, -0.15) is 16.8 Å². The summed E-state index contributed by atoms with van der Waals surface area (Å²) in [5, 5.41) is 0. The molecule has 1 rings (SSSR count). The molecule has 0 atom stereocenters. The number of carbonyl (C=O) groups excluding carboxylic acids is 1. The van der Waals surface area contributed by atoms with Gasteiger partial charge in [0.05, 0.1) is 20.8 Å². The Labute approximate surface area is 206 Å². The summed E-state index contributed by atoms with van der Waals surface area (Å²) >= 11 is 0. The van der Waals surface area contributed by atoms with Crippen molar-refractivity contribution in [1.82, 2.24) is 0 Å². The minimum Gasteiger partial charge on any atom is -0.490 e. The Hall–Kier alpha value is -2.29. The van der Waals surface area contributed by atoms with Gasteiger partial charge in [0.2, 0.25) is 11.5 Å². The first kappa shape index (κ1) is 30.7. The largest absolute Gasteiger partial charge is 0.490 e. The van der Waals surface area contributed by atoms with Crippen LogP contribution in [0.3, 0.4) is 0 Å². The summed E-state index contributed by atoms with van der Waals surface area (Å²) in [6.45, 7) is 3.24. The van der Waals surface area contributed by atoms with E-state index in [1.165, 1.54) is 13.8 Å². The van der Waals surface area contributed by atoms with Crippen LogP contribution in [0.25, 0.3) is 0 Å². The summed E-state index contributed by atoms with van der Waals surface area (Å²) < 4.78 is 88.7. The third-order valence-electron chi connectivity index (χ3n) is 5.10. The fourth-order valence-corrected chi connectivity index (χ4v) is 4.37. The summed E-state index contributed by atoms with van der Waals surface area (Å²) in [5.74, 6) is -1.69. The van der Waals surface area contributed by atoms with E-state index in [0.29, 0.717) is 13.0 Å². The highest BCUT2D eigenvalue weighted by atomic mass is 32.3. The molecule has 0 aliphatic carbocycles. The van der Waals surface area contributed by atoms with Gasteiger partial charge < -0.3 is 22.6 Å². The zero-order chi connectivity index (χ0) is 26.6. The van der Waals surface area contributed by atoms with Crippen molar-refractivity contribution in [2.45, 2.75) is 71.6 Å². The van der Waals surface area contributed by atoms with E-state index in [9.17, 15) is 30.7 Å². The molecule has 35 heavy (non-hydrogen) atoms. The van der Waals surface area contributed by atoms with Gasteiger partial charge in [-0.05, 0) is 26.2 Å². The van der Waals surface area contributed by atoms with Crippen molar-refractivity contribution in [2.24, 2.45) is 0 Å². The number of benzene rings is 1. The first-order valence-corrected chi connectivity index (χ1v) is 13.8. The van der Waals surface area contributed by atoms with Crippen molar-refractivity contribution in [3.05, 3.63) is 11.1 Å². The van der Waals surface area contributed by atoms with Crippen LogP contribution in [0.4, 0.5) is 0 Å². The molecular formula is C21H34O12S2. The highest BCUT2D eigenvalue weighted by molar-refractivity contribution is 7.81. The molecule has 1 aromatic carbocycles. The van der Waals surface area contributed by atoms with Crippen LogP contribution in [0.5, 0.6) is 23.0 Å². The van der Waals surface area contributed by atoms with E-state index in [1.807, 2.05) is 0 Å². The normalized spacial score (nSPS) is 11.7.